The first kappa shape index (κ1) is 25.6. The summed E-state index contributed by atoms with van der Waals surface area (Å²) in [4.78, 5) is 17.8. The standard InChI is InChI=1S/C25H23Cl2N3O3S/c1-3-4-9-33-22-8-5-16(11-23(22)32-2)10-18(14-28)24(31)30-25-29-15-20(34-25)12-17-6-7-19(26)13-21(17)27/h5-8,10-11,13,15H,3-4,9,12H2,1-2H3,(H,29,30,31)/b18-10+. The van der Waals surface area contributed by atoms with Gasteiger partial charge in [0.2, 0.25) is 0 Å². The minimum Gasteiger partial charge on any atom is -0.493 e. The van der Waals surface area contributed by atoms with E-state index in [0.717, 1.165) is 23.3 Å². The van der Waals surface area contributed by atoms with Crippen LogP contribution in [-0.2, 0) is 11.2 Å². The van der Waals surface area contributed by atoms with Crippen LogP contribution in [0.25, 0.3) is 6.08 Å². The molecule has 3 aromatic rings. The first-order valence-electron chi connectivity index (χ1n) is 10.6. The molecular weight excluding hydrogens is 493 g/mol. The lowest BCUT2D eigenvalue weighted by molar-refractivity contribution is -0.112. The van der Waals surface area contributed by atoms with Crippen molar-refractivity contribution < 1.29 is 14.3 Å². The lowest BCUT2D eigenvalue weighted by atomic mass is 10.1. The number of benzene rings is 2. The highest BCUT2D eigenvalue weighted by atomic mass is 35.5. The summed E-state index contributed by atoms with van der Waals surface area (Å²) in [5.74, 6) is 0.607. The molecule has 0 aliphatic rings. The van der Waals surface area contributed by atoms with Crippen LogP contribution in [0.3, 0.4) is 0 Å². The minimum absolute atomic E-state index is 0.0563. The molecule has 0 bridgehead atoms. The Labute approximate surface area is 212 Å². The Morgan fingerprint density at radius 1 is 1.24 bits per heavy atom. The van der Waals surface area contributed by atoms with Gasteiger partial charge in [0, 0.05) is 27.5 Å². The predicted molar refractivity (Wildman–Crippen MR) is 137 cm³/mol. The number of nitriles is 1. The van der Waals surface area contributed by atoms with Gasteiger partial charge in [-0.1, -0.05) is 48.7 Å². The molecule has 0 atom stereocenters. The van der Waals surface area contributed by atoms with Gasteiger partial charge in [0.25, 0.3) is 5.91 Å². The summed E-state index contributed by atoms with van der Waals surface area (Å²) in [6, 6.07) is 12.5. The Bertz CT molecular complexity index is 1230. The van der Waals surface area contributed by atoms with Gasteiger partial charge in [-0.05, 0) is 47.9 Å². The number of carbonyl (C=O) groups is 1. The van der Waals surface area contributed by atoms with Crippen LogP contribution < -0.4 is 14.8 Å². The smallest absolute Gasteiger partial charge is 0.268 e. The summed E-state index contributed by atoms with van der Waals surface area (Å²) >= 11 is 13.5. The van der Waals surface area contributed by atoms with Crippen molar-refractivity contribution in [2.75, 3.05) is 19.0 Å². The number of carbonyl (C=O) groups excluding carboxylic acids is 1. The van der Waals surface area contributed by atoms with E-state index in [1.807, 2.05) is 12.1 Å². The molecule has 0 fully saturated rings. The molecule has 6 nitrogen and oxygen atoms in total. The molecule has 1 N–H and O–H groups in total. The Hall–Kier alpha value is -3.05. The molecule has 0 aliphatic carbocycles. The number of hydrogen-bond acceptors (Lipinski definition) is 6. The topological polar surface area (TPSA) is 84.2 Å². The molecule has 1 heterocycles. The molecule has 0 radical (unpaired) electrons. The van der Waals surface area contributed by atoms with Crippen molar-refractivity contribution in [2.45, 2.75) is 26.2 Å². The van der Waals surface area contributed by atoms with E-state index < -0.39 is 5.91 Å². The Balaban J connectivity index is 1.69. The number of methoxy groups -OCH3 is 1. The SMILES string of the molecule is CCCCOc1ccc(/C=C(\C#N)C(=O)Nc2ncc(Cc3ccc(Cl)cc3Cl)s2)cc1OC. The highest BCUT2D eigenvalue weighted by molar-refractivity contribution is 7.15. The van der Waals surface area contributed by atoms with E-state index in [1.54, 1.807) is 43.6 Å². The number of nitrogens with zero attached hydrogens (tertiary/aromatic N) is 2. The molecule has 1 amide bonds. The monoisotopic (exact) mass is 515 g/mol. The molecule has 3 rings (SSSR count). The predicted octanol–water partition coefficient (Wildman–Crippen LogP) is 6.77. The first-order valence-corrected chi connectivity index (χ1v) is 12.1. The van der Waals surface area contributed by atoms with E-state index in [2.05, 4.69) is 17.2 Å². The van der Waals surface area contributed by atoms with Crippen molar-refractivity contribution in [1.29, 1.82) is 5.26 Å². The maximum atomic E-state index is 12.7. The number of amides is 1. The third-order valence-corrected chi connectivity index (χ3v) is 6.27. The third-order valence-electron chi connectivity index (χ3n) is 4.77. The molecule has 0 saturated heterocycles. The van der Waals surface area contributed by atoms with Gasteiger partial charge < -0.3 is 9.47 Å². The molecule has 0 spiro atoms. The van der Waals surface area contributed by atoms with Crippen molar-refractivity contribution in [1.82, 2.24) is 4.98 Å². The van der Waals surface area contributed by atoms with Gasteiger partial charge in [0.1, 0.15) is 11.6 Å². The maximum absolute atomic E-state index is 12.7. The minimum atomic E-state index is -0.546. The third kappa shape index (κ3) is 6.97. The van der Waals surface area contributed by atoms with Crippen LogP contribution >= 0.6 is 34.5 Å². The normalized spacial score (nSPS) is 11.1. The Morgan fingerprint density at radius 2 is 2.06 bits per heavy atom. The fraction of sp³-hybridized carbons (Fsp3) is 0.240. The molecule has 176 valence electrons. The second-order valence-corrected chi connectivity index (χ2v) is 9.24. The number of unbranched alkanes of at least 4 members (excludes halogenated alkanes) is 1. The average Bonchev–Trinajstić information content (AvgIpc) is 3.26. The van der Waals surface area contributed by atoms with Gasteiger partial charge in [0.05, 0.1) is 13.7 Å². The van der Waals surface area contributed by atoms with Crippen molar-refractivity contribution in [3.8, 4) is 17.6 Å². The van der Waals surface area contributed by atoms with E-state index in [4.69, 9.17) is 32.7 Å². The van der Waals surface area contributed by atoms with Crippen LogP contribution in [-0.4, -0.2) is 24.6 Å². The Kier molecular flexibility index (Phi) is 9.34. The summed E-state index contributed by atoms with van der Waals surface area (Å²) in [5, 5.41) is 13.7. The highest BCUT2D eigenvalue weighted by Gasteiger charge is 2.14. The molecule has 1 aromatic heterocycles. The van der Waals surface area contributed by atoms with Crippen LogP contribution in [0.4, 0.5) is 5.13 Å². The van der Waals surface area contributed by atoms with Gasteiger partial charge in [-0.15, -0.1) is 11.3 Å². The summed E-state index contributed by atoms with van der Waals surface area (Å²) in [6.45, 7) is 2.68. The van der Waals surface area contributed by atoms with Crippen LogP contribution in [0.15, 0.2) is 48.2 Å². The maximum Gasteiger partial charge on any atom is 0.268 e. The molecule has 0 saturated carbocycles. The van der Waals surface area contributed by atoms with Crippen molar-refractivity contribution >= 4 is 51.7 Å². The molecule has 34 heavy (non-hydrogen) atoms. The summed E-state index contributed by atoms with van der Waals surface area (Å²) in [6.07, 6.45) is 5.68. The summed E-state index contributed by atoms with van der Waals surface area (Å²) in [5.41, 5.74) is 1.49. The van der Waals surface area contributed by atoms with Crippen LogP contribution in [0.1, 0.15) is 35.8 Å². The molecular formula is C25H23Cl2N3O3S. The van der Waals surface area contributed by atoms with Crippen molar-refractivity contribution in [3.63, 3.8) is 0 Å². The second kappa shape index (κ2) is 12.4. The van der Waals surface area contributed by atoms with Gasteiger partial charge in [-0.3, -0.25) is 10.1 Å². The number of aromatic nitrogens is 1. The van der Waals surface area contributed by atoms with E-state index in [0.29, 0.717) is 45.3 Å². The van der Waals surface area contributed by atoms with Gasteiger partial charge in [0.15, 0.2) is 16.6 Å². The number of hydrogen-bond donors (Lipinski definition) is 1. The molecule has 0 unspecified atom stereocenters. The average molecular weight is 516 g/mol. The fourth-order valence-corrected chi connectivity index (χ4v) is 4.31. The lowest BCUT2D eigenvalue weighted by Crippen LogP contribution is -2.13. The van der Waals surface area contributed by atoms with Gasteiger partial charge in [-0.25, -0.2) is 4.98 Å². The number of rotatable bonds is 10. The number of nitrogens with one attached hydrogen (secondary N) is 1. The number of halogens is 2. The van der Waals surface area contributed by atoms with Gasteiger partial charge >= 0.3 is 0 Å². The zero-order chi connectivity index (χ0) is 24.5. The molecule has 0 aliphatic heterocycles. The quantitative estimate of drug-likeness (QED) is 0.183. The van der Waals surface area contributed by atoms with E-state index in [9.17, 15) is 10.1 Å². The zero-order valence-corrected chi connectivity index (χ0v) is 21.1. The van der Waals surface area contributed by atoms with E-state index in [-0.39, 0.29) is 5.57 Å². The molecule has 2 aromatic carbocycles. The first-order chi connectivity index (χ1) is 16.4. The number of thiazole rings is 1. The van der Waals surface area contributed by atoms with Crippen LogP contribution in [0.5, 0.6) is 11.5 Å². The van der Waals surface area contributed by atoms with E-state index >= 15 is 0 Å². The highest BCUT2D eigenvalue weighted by Crippen LogP contribution is 2.30. The van der Waals surface area contributed by atoms with Crippen molar-refractivity contribution in [3.05, 3.63) is 74.2 Å². The zero-order valence-electron chi connectivity index (χ0n) is 18.7. The Morgan fingerprint density at radius 3 is 2.76 bits per heavy atom. The van der Waals surface area contributed by atoms with Crippen LogP contribution in [0.2, 0.25) is 10.0 Å². The second-order valence-electron chi connectivity index (χ2n) is 7.28. The fourth-order valence-electron chi connectivity index (χ4n) is 3.00. The summed E-state index contributed by atoms with van der Waals surface area (Å²) in [7, 11) is 1.55. The van der Waals surface area contributed by atoms with Gasteiger partial charge in [-0.2, -0.15) is 5.26 Å². The number of ether oxygens (including phenoxy) is 2. The van der Waals surface area contributed by atoms with E-state index in [1.165, 1.54) is 17.4 Å². The molecule has 9 heteroatoms. The largest absolute Gasteiger partial charge is 0.493 e. The van der Waals surface area contributed by atoms with Crippen LogP contribution in [0, 0.1) is 11.3 Å². The number of anilines is 1. The summed E-state index contributed by atoms with van der Waals surface area (Å²) < 4.78 is 11.1. The lowest BCUT2D eigenvalue weighted by Gasteiger charge is -2.11. The van der Waals surface area contributed by atoms with Crippen molar-refractivity contribution in [2.24, 2.45) is 0 Å².